The zero-order valence-corrected chi connectivity index (χ0v) is 16.7. The maximum Gasteiger partial charge on any atom is 0.282 e. The van der Waals surface area contributed by atoms with Gasteiger partial charge in [0.25, 0.3) is 5.91 Å². The van der Waals surface area contributed by atoms with Crippen LogP contribution in [0.3, 0.4) is 0 Å². The van der Waals surface area contributed by atoms with Gasteiger partial charge in [0.15, 0.2) is 6.04 Å². The van der Waals surface area contributed by atoms with Crippen LogP contribution >= 0.6 is 23.2 Å². The summed E-state index contributed by atoms with van der Waals surface area (Å²) in [6, 6.07) is 10.3. The Bertz CT molecular complexity index is 783. The molecule has 0 fully saturated rings. The number of benzene rings is 2. The highest BCUT2D eigenvalue weighted by Crippen LogP contribution is 2.26. The quantitative estimate of drug-likeness (QED) is 0.754. The summed E-state index contributed by atoms with van der Waals surface area (Å²) in [5.74, 6) is 1.32. The molecule has 2 aromatic rings. The molecule has 1 unspecified atom stereocenters. The lowest BCUT2D eigenvalue weighted by atomic mass is 10.1. The van der Waals surface area contributed by atoms with Crippen molar-refractivity contribution in [3.8, 4) is 11.5 Å². The van der Waals surface area contributed by atoms with Crippen LogP contribution in [0.25, 0.3) is 0 Å². The zero-order chi connectivity index (χ0) is 19.3. The molecule has 1 amide bonds. The molecule has 2 atom stereocenters. The van der Waals surface area contributed by atoms with Gasteiger partial charge >= 0.3 is 0 Å². The topological polar surface area (TPSA) is 52.0 Å². The monoisotopic (exact) mass is 397 g/mol. The highest BCUT2D eigenvalue weighted by atomic mass is 35.5. The molecule has 0 aromatic heterocycles. The third kappa shape index (κ3) is 5.04. The van der Waals surface area contributed by atoms with Crippen molar-refractivity contribution >= 4 is 34.8 Å². The van der Waals surface area contributed by atoms with E-state index < -0.39 is 0 Å². The Labute approximate surface area is 163 Å². The van der Waals surface area contributed by atoms with E-state index in [1.54, 1.807) is 32.4 Å². The molecule has 0 aliphatic rings. The molecule has 0 saturated carbocycles. The number of hydrogen-bond acceptors (Lipinski definition) is 3. The SMILES string of the molecule is COc1ccc(C[NH+](C)[C@H](C)C(=O)Nc2cc(Cl)ccc2Cl)c(OC)c1. The van der Waals surface area contributed by atoms with E-state index in [0.717, 1.165) is 22.0 Å². The lowest BCUT2D eigenvalue weighted by molar-refractivity contribution is -0.907. The largest absolute Gasteiger partial charge is 0.497 e. The van der Waals surface area contributed by atoms with Crippen LogP contribution in [-0.2, 0) is 11.3 Å². The van der Waals surface area contributed by atoms with E-state index in [2.05, 4.69) is 5.32 Å². The fourth-order valence-corrected chi connectivity index (χ4v) is 2.85. The number of ether oxygens (including phenoxy) is 2. The van der Waals surface area contributed by atoms with Crippen molar-refractivity contribution in [2.45, 2.75) is 19.5 Å². The van der Waals surface area contributed by atoms with Crippen LogP contribution in [0.4, 0.5) is 5.69 Å². The minimum Gasteiger partial charge on any atom is -0.497 e. The molecule has 2 N–H and O–H groups in total. The number of carbonyl (C=O) groups is 1. The fraction of sp³-hybridized carbons (Fsp3) is 0.316. The van der Waals surface area contributed by atoms with E-state index in [-0.39, 0.29) is 11.9 Å². The first-order valence-electron chi connectivity index (χ1n) is 8.14. The summed E-state index contributed by atoms with van der Waals surface area (Å²) in [6.45, 7) is 2.48. The maximum absolute atomic E-state index is 12.6. The van der Waals surface area contributed by atoms with Crippen molar-refractivity contribution in [1.29, 1.82) is 0 Å². The Morgan fingerprint density at radius 3 is 2.54 bits per heavy atom. The molecular formula is C19H23Cl2N2O3+. The molecule has 7 heteroatoms. The first kappa shape index (κ1) is 20.4. The van der Waals surface area contributed by atoms with Crippen LogP contribution in [0.15, 0.2) is 36.4 Å². The molecule has 0 saturated heterocycles. The van der Waals surface area contributed by atoms with Gasteiger partial charge in [0.2, 0.25) is 0 Å². The Morgan fingerprint density at radius 1 is 1.15 bits per heavy atom. The number of hydrogen-bond donors (Lipinski definition) is 2. The van der Waals surface area contributed by atoms with Crippen molar-refractivity contribution in [2.75, 3.05) is 26.6 Å². The number of carbonyl (C=O) groups excluding carboxylic acids is 1. The lowest BCUT2D eigenvalue weighted by Gasteiger charge is -2.22. The average Bonchev–Trinajstić information content (AvgIpc) is 2.64. The summed E-state index contributed by atoms with van der Waals surface area (Å²) in [7, 11) is 5.18. The first-order chi connectivity index (χ1) is 12.3. The van der Waals surface area contributed by atoms with Crippen molar-refractivity contribution in [3.63, 3.8) is 0 Å². The number of quaternary nitrogens is 1. The fourth-order valence-electron chi connectivity index (χ4n) is 2.51. The molecular weight excluding hydrogens is 375 g/mol. The summed E-state index contributed by atoms with van der Waals surface area (Å²) >= 11 is 12.1. The Hall–Kier alpha value is -1.95. The van der Waals surface area contributed by atoms with Crippen molar-refractivity contribution < 1.29 is 19.2 Å². The second kappa shape index (κ2) is 9.12. The summed E-state index contributed by atoms with van der Waals surface area (Å²) in [6.07, 6.45) is 0. The molecule has 0 spiro atoms. The second-order valence-electron chi connectivity index (χ2n) is 6.04. The van der Waals surface area contributed by atoms with Gasteiger partial charge in [0.05, 0.1) is 32.0 Å². The van der Waals surface area contributed by atoms with Gasteiger partial charge in [0, 0.05) is 16.7 Å². The molecule has 5 nitrogen and oxygen atoms in total. The Morgan fingerprint density at radius 2 is 1.88 bits per heavy atom. The number of amides is 1. The Balaban J connectivity index is 2.08. The number of nitrogens with one attached hydrogen (secondary N) is 2. The Kier molecular flexibility index (Phi) is 7.14. The smallest absolute Gasteiger partial charge is 0.282 e. The van der Waals surface area contributed by atoms with Crippen molar-refractivity contribution in [2.24, 2.45) is 0 Å². The average molecular weight is 398 g/mol. The van der Waals surface area contributed by atoms with Gasteiger partial charge in [-0.25, -0.2) is 0 Å². The summed E-state index contributed by atoms with van der Waals surface area (Å²) in [5.41, 5.74) is 1.50. The molecule has 140 valence electrons. The highest BCUT2D eigenvalue weighted by molar-refractivity contribution is 6.35. The second-order valence-corrected chi connectivity index (χ2v) is 6.88. The number of rotatable bonds is 7. The number of methoxy groups -OCH3 is 2. The summed E-state index contributed by atoms with van der Waals surface area (Å²) in [4.78, 5) is 13.6. The standard InChI is InChI=1S/C19H22Cl2N2O3/c1-12(19(24)22-17-9-14(20)6-8-16(17)21)23(2)11-13-5-7-15(25-3)10-18(13)26-4/h5-10,12H,11H2,1-4H3,(H,22,24)/p+1/t12-/m1/s1. The van der Waals surface area contributed by atoms with E-state index in [1.807, 2.05) is 32.2 Å². The van der Waals surface area contributed by atoms with Crippen molar-refractivity contribution in [1.82, 2.24) is 0 Å². The summed E-state index contributed by atoms with van der Waals surface area (Å²) in [5, 5.41) is 3.80. The minimum absolute atomic E-state index is 0.140. The maximum atomic E-state index is 12.6. The van der Waals surface area contributed by atoms with Gasteiger partial charge < -0.3 is 19.7 Å². The number of anilines is 1. The predicted molar refractivity (Wildman–Crippen MR) is 105 cm³/mol. The van der Waals surface area contributed by atoms with Gasteiger partial charge in [-0.05, 0) is 37.3 Å². The van der Waals surface area contributed by atoms with E-state index in [4.69, 9.17) is 32.7 Å². The molecule has 2 aromatic carbocycles. The van der Waals surface area contributed by atoms with Gasteiger partial charge in [-0.2, -0.15) is 0 Å². The molecule has 0 heterocycles. The van der Waals surface area contributed by atoms with E-state index >= 15 is 0 Å². The number of likely N-dealkylation sites (N-methyl/N-ethyl adjacent to an activating group) is 1. The first-order valence-corrected chi connectivity index (χ1v) is 8.90. The van der Waals surface area contributed by atoms with E-state index in [9.17, 15) is 4.79 Å². The third-order valence-electron chi connectivity index (χ3n) is 4.28. The molecule has 0 radical (unpaired) electrons. The molecule has 2 rings (SSSR count). The van der Waals surface area contributed by atoms with Gasteiger partial charge in [-0.3, -0.25) is 4.79 Å². The normalized spacial score (nSPS) is 13.0. The number of halogens is 2. The third-order valence-corrected chi connectivity index (χ3v) is 4.85. The van der Waals surface area contributed by atoms with Crippen LogP contribution in [-0.4, -0.2) is 33.2 Å². The predicted octanol–water partition coefficient (Wildman–Crippen LogP) is 3.05. The van der Waals surface area contributed by atoms with Gasteiger partial charge in [0.1, 0.15) is 18.0 Å². The van der Waals surface area contributed by atoms with Crippen LogP contribution in [0, 0.1) is 0 Å². The lowest BCUT2D eigenvalue weighted by Crippen LogP contribution is -3.12. The molecule has 0 bridgehead atoms. The van der Waals surface area contributed by atoms with E-state index in [1.165, 1.54) is 0 Å². The van der Waals surface area contributed by atoms with Crippen LogP contribution < -0.4 is 19.7 Å². The molecule has 26 heavy (non-hydrogen) atoms. The highest BCUT2D eigenvalue weighted by Gasteiger charge is 2.24. The molecule has 0 aliphatic carbocycles. The molecule has 0 aliphatic heterocycles. The zero-order valence-electron chi connectivity index (χ0n) is 15.2. The summed E-state index contributed by atoms with van der Waals surface area (Å²) < 4.78 is 10.6. The van der Waals surface area contributed by atoms with Crippen molar-refractivity contribution in [3.05, 3.63) is 52.0 Å². The van der Waals surface area contributed by atoms with Crippen LogP contribution in [0.1, 0.15) is 12.5 Å². The van der Waals surface area contributed by atoms with Gasteiger partial charge in [-0.15, -0.1) is 0 Å². The van der Waals surface area contributed by atoms with Crippen LogP contribution in [0.5, 0.6) is 11.5 Å². The van der Waals surface area contributed by atoms with Crippen LogP contribution in [0.2, 0.25) is 10.0 Å². The minimum atomic E-state index is -0.308. The van der Waals surface area contributed by atoms with E-state index in [0.29, 0.717) is 22.3 Å². The van der Waals surface area contributed by atoms with Gasteiger partial charge in [-0.1, -0.05) is 23.2 Å².